The molecule has 1 fully saturated rings. The zero-order valence-corrected chi connectivity index (χ0v) is 16.5. The molecule has 150 valence electrons. The topological polar surface area (TPSA) is 114 Å². The number of hydrogen-bond acceptors (Lipinski definition) is 6. The van der Waals surface area contributed by atoms with Crippen molar-refractivity contribution in [1.29, 1.82) is 0 Å². The number of ether oxygens (including phenoxy) is 1. The number of amides is 2. The predicted octanol–water partition coefficient (Wildman–Crippen LogP) is 0.550. The molecule has 1 atom stereocenters. The van der Waals surface area contributed by atoms with Gasteiger partial charge in [-0.3, -0.25) is 14.3 Å². The quantitative estimate of drug-likeness (QED) is 0.748. The van der Waals surface area contributed by atoms with Crippen LogP contribution in [0.5, 0.6) is 0 Å². The molecule has 2 aliphatic rings. The minimum Gasteiger partial charge on any atom is -0.389 e. The van der Waals surface area contributed by atoms with Crippen molar-refractivity contribution in [3.8, 4) is 0 Å². The minimum atomic E-state index is -3.01. The summed E-state index contributed by atoms with van der Waals surface area (Å²) in [4.78, 5) is 26.5. The number of carbonyl (C=O) groups excluding carboxylic acids is 2. The third-order valence-electron chi connectivity index (χ3n) is 5.15. The van der Waals surface area contributed by atoms with Crippen LogP contribution < -0.4 is 0 Å². The molecule has 1 aromatic heterocycles. The van der Waals surface area contributed by atoms with Crippen molar-refractivity contribution in [1.82, 2.24) is 14.7 Å². The van der Waals surface area contributed by atoms with Crippen LogP contribution in [0.25, 0.3) is 0 Å². The first-order chi connectivity index (χ1) is 12.7. The van der Waals surface area contributed by atoms with E-state index in [-0.39, 0.29) is 25.3 Å². The Morgan fingerprint density at radius 2 is 2.15 bits per heavy atom. The van der Waals surface area contributed by atoms with Gasteiger partial charge in [0.1, 0.15) is 0 Å². The average Bonchev–Trinajstić information content (AvgIpc) is 3.01. The van der Waals surface area contributed by atoms with Crippen molar-refractivity contribution in [2.75, 3.05) is 26.5 Å². The fraction of sp³-hybridized carbons (Fsp3) is 0.706. The maximum Gasteiger partial charge on any atom is 0.256 e. The summed E-state index contributed by atoms with van der Waals surface area (Å²) in [5, 5.41) is 14.4. The van der Waals surface area contributed by atoms with Crippen LogP contribution in [0, 0.1) is 0 Å². The summed E-state index contributed by atoms with van der Waals surface area (Å²) in [7, 11) is -1.47. The Morgan fingerprint density at radius 3 is 2.78 bits per heavy atom. The Balaban J connectivity index is 1.79. The van der Waals surface area contributed by atoms with Crippen molar-refractivity contribution < 1.29 is 23.6 Å². The Morgan fingerprint density at radius 1 is 1.41 bits per heavy atom. The molecule has 1 unspecified atom stereocenters. The number of aromatic nitrogens is 2. The molecule has 1 N–H and O–H groups in total. The molecule has 0 bridgehead atoms. The summed E-state index contributed by atoms with van der Waals surface area (Å²) < 4.78 is 23.7. The van der Waals surface area contributed by atoms with Gasteiger partial charge in [0.25, 0.3) is 5.91 Å². The molecule has 1 saturated carbocycles. The smallest absolute Gasteiger partial charge is 0.256 e. The van der Waals surface area contributed by atoms with E-state index >= 15 is 0 Å². The van der Waals surface area contributed by atoms with E-state index in [0.29, 0.717) is 43.1 Å². The van der Waals surface area contributed by atoms with Gasteiger partial charge in [-0.05, 0) is 19.3 Å². The van der Waals surface area contributed by atoms with Gasteiger partial charge >= 0.3 is 0 Å². The minimum absolute atomic E-state index is 0.0435. The highest BCUT2D eigenvalue weighted by atomic mass is 32.2. The van der Waals surface area contributed by atoms with Gasteiger partial charge in [-0.2, -0.15) is 9.46 Å². The molecular formula is C17H26N4O5S. The molecule has 27 heavy (non-hydrogen) atoms. The average molecular weight is 398 g/mol. The monoisotopic (exact) mass is 398 g/mol. The lowest BCUT2D eigenvalue weighted by Gasteiger charge is -2.35. The van der Waals surface area contributed by atoms with E-state index in [2.05, 4.69) is 9.46 Å². The SMILES string of the molecule is COCCC(=O)N1CCn2ncc(S(C)(=O)=NC(=O)CC3(O)CCC3)c2C1. The molecule has 0 spiro atoms. The first-order valence-electron chi connectivity index (χ1n) is 9.03. The van der Waals surface area contributed by atoms with Crippen LogP contribution in [0.4, 0.5) is 0 Å². The van der Waals surface area contributed by atoms with E-state index in [1.165, 1.54) is 12.5 Å². The highest BCUT2D eigenvalue weighted by Crippen LogP contribution is 2.35. The van der Waals surface area contributed by atoms with Crippen LogP contribution in [-0.4, -0.2) is 67.9 Å². The maximum absolute atomic E-state index is 13.1. The summed E-state index contributed by atoms with van der Waals surface area (Å²) >= 11 is 0. The zero-order chi connectivity index (χ0) is 19.7. The molecular weight excluding hydrogens is 372 g/mol. The molecule has 1 aliphatic carbocycles. The number of rotatable bonds is 6. The molecule has 9 nitrogen and oxygen atoms in total. The summed E-state index contributed by atoms with van der Waals surface area (Å²) in [6.07, 6.45) is 5.07. The van der Waals surface area contributed by atoms with Crippen molar-refractivity contribution in [3.05, 3.63) is 11.9 Å². The largest absolute Gasteiger partial charge is 0.389 e. The summed E-state index contributed by atoms with van der Waals surface area (Å²) in [5.74, 6) is -0.605. The molecule has 3 rings (SSSR count). The van der Waals surface area contributed by atoms with Crippen molar-refractivity contribution >= 4 is 21.5 Å². The fourth-order valence-electron chi connectivity index (χ4n) is 3.42. The second-order valence-electron chi connectivity index (χ2n) is 7.28. The molecule has 0 saturated heterocycles. The second-order valence-corrected chi connectivity index (χ2v) is 9.51. The van der Waals surface area contributed by atoms with Gasteiger partial charge in [0.2, 0.25) is 5.91 Å². The van der Waals surface area contributed by atoms with E-state index in [1.807, 2.05) is 0 Å². The van der Waals surface area contributed by atoms with Gasteiger partial charge in [-0.15, -0.1) is 0 Å². The number of methoxy groups -OCH3 is 1. The van der Waals surface area contributed by atoms with E-state index < -0.39 is 21.2 Å². The van der Waals surface area contributed by atoms with E-state index in [9.17, 15) is 18.9 Å². The third kappa shape index (κ3) is 4.39. The molecule has 1 aliphatic heterocycles. The molecule has 1 aromatic rings. The van der Waals surface area contributed by atoms with Gasteiger partial charge < -0.3 is 14.7 Å². The van der Waals surface area contributed by atoms with E-state index in [0.717, 1.165) is 6.42 Å². The lowest BCUT2D eigenvalue weighted by molar-refractivity contribution is -0.133. The number of hydrogen-bond donors (Lipinski definition) is 1. The Labute approximate surface area is 158 Å². The summed E-state index contributed by atoms with van der Waals surface area (Å²) in [5.41, 5.74) is -0.363. The summed E-state index contributed by atoms with van der Waals surface area (Å²) in [6, 6.07) is 0. The van der Waals surface area contributed by atoms with Gasteiger partial charge in [-0.25, -0.2) is 4.21 Å². The Hall–Kier alpha value is -1.78. The van der Waals surface area contributed by atoms with Gasteiger partial charge in [0, 0.05) is 19.9 Å². The van der Waals surface area contributed by atoms with Gasteiger partial charge in [-0.1, -0.05) is 0 Å². The van der Waals surface area contributed by atoms with Crippen molar-refractivity contribution in [2.24, 2.45) is 4.36 Å². The Bertz CT molecular complexity index is 852. The van der Waals surface area contributed by atoms with Crippen LogP contribution in [0.1, 0.15) is 37.8 Å². The number of aliphatic hydroxyl groups is 1. The maximum atomic E-state index is 13.1. The zero-order valence-electron chi connectivity index (χ0n) is 15.7. The molecule has 2 amide bonds. The lowest BCUT2D eigenvalue weighted by atomic mass is 9.78. The Kier molecular flexibility index (Phi) is 5.68. The van der Waals surface area contributed by atoms with Crippen LogP contribution >= 0.6 is 0 Å². The lowest BCUT2D eigenvalue weighted by Crippen LogP contribution is -2.39. The van der Waals surface area contributed by atoms with E-state index in [4.69, 9.17) is 4.74 Å². The fourth-order valence-corrected chi connectivity index (χ4v) is 4.82. The highest BCUT2D eigenvalue weighted by Gasteiger charge is 2.37. The number of carbonyl (C=O) groups is 2. The van der Waals surface area contributed by atoms with Crippen LogP contribution in [0.15, 0.2) is 15.5 Å². The molecule has 0 radical (unpaired) electrons. The highest BCUT2D eigenvalue weighted by molar-refractivity contribution is 7.93. The summed E-state index contributed by atoms with van der Waals surface area (Å²) in [6.45, 7) is 1.64. The molecule has 2 heterocycles. The van der Waals surface area contributed by atoms with Crippen LogP contribution in [0.3, 0.4) is 0 Å². The number of fused-ring (bicyclic) bond motifs is 1. The first-order valence-corrected chi connectivity index (χ1v) is 11.0. The van der Waals surface area contributed by atoms with E-state index in [1.54, 1.807) is 16.7 Å². The predicted molar refractivity (Wildman–Crippen MR) is 97.3 cm³/mol. The second kappa shape index (κ2) is 7.69. The first kappa shape index (κ1) is 20.0. The van der Waals surface area contributed by atoms with Crippen LogP contribution in [0.2, 0.25) is 0 Å². The molecule has 10 heteroatoms. The van der Waals surface area contributed by atoms with Gasteiger partial charge in [0.05, 0.1) is 64.7 Å². The normalized spacial score (nSPS) is 20.3. The van der Waals surface area contributed by atoms with Crippen LogP contribution in [-0.2, 0) is 37.1 Å². The van der Waals surface area contributed by atoms with Gasteiger partial charge in [0.15, 0.2) is 0 Å². The standard InChI is InChI=1S/C17H26N4O5S/c1-26-9-4-16(23)20-7-8-21-13(12-20)14(11-18-21)27(2,25)19-15(22)10-17(24)5-3-6-17/h11,24H,3-10,12H2,1-2H3. The molecule has 0 aromatic carbocycles. The van der Waals surface area contributed by atoms with Crippen molar-refractivity contribution in [3.63, 3.8) is 0 Å². The third-order valence-corrected chi connectivity index (χ3v) is 6.86. The number of nitrogens with zero attached hydrogens (tertiary/aromatic N) is 4. The van der Waals surface area contributed by atoms with Crippen molar-refractivity contribution in [2.45, 2.75) is 55.7 Å².